The Kier molecular flexibility index (Phi) is 7.04. The van der Waals surface area contributed by atoms with Crippen molar-refractivity contribution in [3.63, 3.8) is 0 Å². The molecule has 0 amide bonds. The van der Waals surface area contributed by atoms with Crippen LogP contribution >= 0.6 is 0 Å². The summed E-state index contributed by atoms with van der Waals surface area (Å²) < 4.78 is 27.9. The number of nitrogens with one attached hydrogen (secondary N) is 1. The Morgan fingerprint density at radius 1 is 0.907 bits per heavy atom. The van der Waals surface area contributed by atoms with Gasteiger partial charge in [-0.2, -0.15) is 0 Å². The average Bonchev–Trinajstić information content (AvgIpc) is 3.47. The van der Waals surface area contributed by atoms with E-state index >= 15 is 0 Å². The number of rotatable bonds is 6. The highest BCUT2D eigenvalue weighted by molar-refractivity contribution is 6.20. The first-order valence-corrected chi connectivity index (χ1v) is 14.0. The van der Waals surface area contributed by atoms with Gasteiger partial charge in [-0.1, -0.05) is 19.9 Å². The molecule has 0 spiro atoms. The number of amidine groups is 1. The predicted octanol–water partition coefficient (Wildman–Crippen LogP) is 6.63. The highest BCUT2D eigenvalue weighted by Gasteiger charge is 2.47. The number of benzene rings is 3. The second-order valence-corrected chi connectivity index (χ2v) is 11.6. The summed E-state index contributed by atoms with van der Waals surface area (Å²) in [5.74, 6) is 1.96. The van der Waals surface area contributed by atoms with Gasteiger partial charge in [-0.15, -0.1) is 0 Å². The number of nitrogens with zero attached hydrogens (tertiary/aromatic N) is 1. The topological polar surface area (TPSA) is 111 Å². The van der Waals surface area contributed by atoms with Gasteiger partial charge in [-0.3, -0.25) is 15.1 Å². The average molecular weight is 583 g/mol. The molecule has 0 saturated carbocycles. The fourth-order valence-corrected chi connectivity index (χ4v) is 6.18. The maximum Gasteiger partial charge on any atom is 0.231 e. The smallest absolute Gasteiger partial charge is 0.231 e. The standard InChI is InChI=1S/C34H34N2O7/c1-34(2)16-24-30(25(37)17-34)29(20-8-12-27-28(14-20)43-18-42-27)31(32(38)19-6-9-21(39-3)10-7-19)33(35)36(24)23-15-22(40-4)11-13-26(23)41-5/h6-15,29,35,38H,16-18H2,1-5H3/t29-/m0/s1. The minimum Gasteiger partial charge on any atom is -0.507 e. The van der Waals surface area contributed by atoms with Gasteiger partial charge in [0.2, 0.25) is 6.79 Å². The number of carbonyl (C=O) groups excluding carboxylic acids is 1. The molecule has 2 aliphatic heterocycles. The second kappa shape index (κ2) is 10.7. The second-order valence-electron chi connectivity index (χ2n) is 11.6. The van der Waals surface area contributed by atoms with Crippen LogP contribution in [0.1, 0.15) is 43.7 Å². The summed E-state index contributed by atoms with van der Waals surface area (Å²) in [6.45, 7) is 4.20. The molecule has 3 aliphatic rings. The van der Waals surface area contributed by atoms with E-state index in [0.29, 0.717) is 69.7 Å². The predicted molar refractivity (Wildman–Crippen MR) is 163 cm³/mol. The lowest BCUT2D eigenvalue weighted by Crippen LogP contribution is -2.45. The maximum absolute atomic E-state index is 14.2. The maximum atomic E-state index is 14.2. The molecule has 0 fully saturated rings. The third kappa shape index (κ3) is 4.84. The number of aliphatic hydroxyl groups excluding tert-OH is 1. The molecule has 0 bridgehead atoms. The quantitative estimate of drug-likeness (QED) is 0.312. The van der Waals surface area contributed by atoms with Gasteiger partial charge in [-0.05, 0) is 65.9 Å². The van der Waals surface area contributed by atoms with Crippen LogP contribution in [0, 0.1) is 10.8 Å². The molecule has 2 heterocycles. The van der Waals surface area contributed by atoms with E-state index < -0.39 is 5.92 Å². The fourth-order valence-electron chi connectivity index (χ4n) is 6.18. The van der Waals surface area contributed by atoms with E-state index in [1.54, 1.807) is 74.8 Å². The zero-order valence-electron chi connectivity index (χ0n) is 24.8. The lowest BCUT2D eigenvalue weighted by atomic mass is 9.67. The highest BCUT2D eigenvalue weighted by atomic mass is 16.7. The van der Waals surface area contributed by atoms with Crippen LogP contribution in [0.3, 0.4) is 0 Å². The van der Waals surface area contributed by atoms with Crippen LogP contribution < -0.4 is 28.6 Å². The van der Waals surface area contributed by atoms with Gasteiger partial charge in [0.1, 0.15) is 28.8 Å². The third-order valence-corrected chi connectivity index (χ3v) is 8.20. The van der Waals surface area contributed by atoms with Crippen LogP contribution in [0.25, 0.3) is 5.76 Å². The molecule has 0 aromatic heterocycles. The lowest BCUT2D eigenvalue weighted by molar-refractivity contribution is -0.118. The molecule has 3 aromatic carbocycles. The van der Waals surface area contributed by atoms with Gasteiger partial charge in [0.15, 0.2) is 17.3 Å². The van der Waals surface area contributed by atoms with E-state index in [-0.39, 0.29) is 35.2 Å². The molecule has 1 aliphatic carbocycles. The Labute approximate surface area is 250 Å². The molecule has 9 nitrogen and oxygen atoms in total. The van der Waals surface area contributed by atoms with Gasteiger partial charge in [-0.25, -0.2) is 0 Å². The molecule has 222 valence electrons. The molecule has 6 rings (SSSR count). The van der Waals surface area contributed by atoms with Gasteiger partial charge in [0.05, 0.1) is 27.0 Å². The zero-order valence-corrected chi connectivity index (χ0v) is 24.8. The van der Waals surface area contributed by atoms with Crippen LogP contribution in [-0.4, -0.2) is 44.8 Å². The van der Waals surface area contributed by atoms with Crippen molar-refractivity contribution in [2.45, 2.75) is 32.6 Å². The Balaban J connectivity index is 1.68. The Morgan fingerprint density at radius 3 is 2.30 bits per heavy atom. The van der Waals surface area contributed by atoms with Crippen LogP contribution in [0.4, 0.5) is 5.69 Å². The molecule has 2 N–H and O–H groups in total. The van der Waals surface area contributed by atoms with E-state index in [1.165, 1.54) is 0 Å². The highest BCUT2D eigenvalue weighted by Crippen LogP contribution is 2.53. The van der Waals surface area contributed by atoms with E-state index in [0.717, 1.165) is 0 Å². The molecular weight excluding hydrogens is 548 g/mol. The van der Waals surface area contributed by atoms with Crippen LogP contribution in [0.5, 0.6) is 28.7 Å². The van der Waals surface area contributed by atoms with Crippen molar-refractivity contribution >= 4 is 23.1 Å². The third-order valence-electron chi connectivity index (χ3n) is 8.20. The summed E-state index contributed by atoms with van der Waals surface area (Å²) >= 11 is 0. The normalized spacial score (nSPS) is 20.1. The van der Waals surface area contributed by atoms with Crippen molar-refractivity contribution in [3.8, 4) is 28.7 Å². The molecule has 9 heteroatoms. The summed E-state index contributed by atoms with van der Waals surface area (Å²) in [5, 5.41) is 21.7. The number of methoxy groups -OCH3 is 3. The fraction of sp³-hybridized carbons (Fsp3) is 0.294. The van der Waals surface area contributed by atoms with E-state index in [4.69, 9.17) is 23.7 Å². The summed E-state index contributed by atoms with van der Waals surface area (Å²) in [5.41, 5.74) is 2.85. The molecule has 3 aromatic rings. The number of carbonyl (C=O) groups is 1. The van der Waals surface area contributed by atoms with Gasteiger partial charge >= 0.3 is 0 Å². The number of aliphatic hydroxyl groups is 1. The van der Waals surface area contributed by atoms with Gasteiger partial charge < -0.3 is 28.8 Å². The number of fused-ring (bicyclic) bond motifs is 1. The first kappa shape index (κ1) is 28.2. The SMILES string of the molecule is COc1ccc(C(O)=C2C(=N)N(c3cc(OC)ccc3OC)C3=C(C(=O)CC(C)(C)C3)[C@@H]2c2ccc3c(c2)OCO3)cc1. The molecule has 0 saturated heterocycles. The van der Waals surface area contributed by atoms with E-state index in [9.17, 15) is 15.3 Å². The van der Waals surface area contributed by atoms with Crippen molar-refractivity contribution in [1.29, 1.82) is 5.41 Å². The van der Waals surface area contributed by atoms with Gasteiger partial charge in [0, 0.05) is 40.8 Å². The number of hydrogen-bond donors (Lipinski definition) is 2. The van der Waals surface area contributed by atoms with Crippen LogP contribution in [0.2, 0.25) is 0 Å². The Hall–Kier alpha value is -4.92. The molecule has 0 radical (unpaired) electrons. The Bertz CT molecular complexity index is 1690. The lowest BCUT2D eigenvalue weighted by Gasteiger charge is -2.45. The first-order valence-electron chi connectivity index (χ1n) is 14.0. The Morgan fingerprint density at radius 2 is 1.60 bits per heavy atom. The number of allylic oxidation sites excluding steroid dienone is 2. The van der Waals surface area contributed by atoms with Crippen molar-refractivity contribution in [2.24, 2.45) is 5.41 Å². The summed E-state index contributed by atoms with van der Waals surface area (Å²) in [6, 6.07) is 17.8. The first-order chi connectivity index (χ1) is 20.7. The summed E-state index contributed by atoms with van der Waals surface area (Å²) in [4.78, 5) is 16.0. The number of Topliss-reactive ketones (excluding diaryl/α,β-unsaturated/α-hetero) is 1. The van der Waals surface area contributed by atoms with Crippen LogP contribution in [0.15, 0.2) is 77.5 Å². The van der Waals surface area contributed by atoms with Crippen molar-refractivity contribution < 1.29 is 33.6 Å². The monoisotopic (exact) mass is 582 g/mol. The zero-order chi connectivity index (χ0) is 30.5. The number of ether oxygens (including phenoxy) is 5. The molecule has 0 unspecified atom stereocenters. The number of ketones is 1. The minimum absolute atomic E-state index is 0.0202. The van der Waals surface area contributed by atoms with Crippen molar-refractivity contribution in [2.75, 3.05) is 33.0 Å². The van der Waals surface area contributed by atoms with E-state index in [2.05, 4.69) is 13.8 Å². The number of hydrogen-bond acceptors (Lipinski definition) is 8. The minimum atomic E-state index is -0.740. The summed E-state index contributed by atoms with van der Waals surface area (Å²) in [7, 11) is 4.70. The molecule has 1 atom stereocenters. The van der Waals surface area contributed by atoms with Crippen molar-refractivity contribution in [3.05, 3.63) is 88.6 Å². The largest absolute Gasteiger partial charge is 0.507 e. The van der Waals surface area contributed by atoms with E-state index in [1.807, 2.05) is 12.1 Å². The molecular formula is C34H34N2O7. The molecule has 43 heavy (non-hydrogen) atoms. The number of anilines is 1. The van der Waals surface area contributed by atoms with Crippen LogP contribution in [-0.2, 0) is 4.79 Å². The summed E-state index contributed by atoms with van der Waals surface area (Å²) in [6.07, 6.45) is 0.842. The van der Waals surface area contributed by atoms with Gasteiger partial charge in [0.25, 0.3) is 0 Å². The van der Waals surface area contributed by atoms with Crippen molar-refractivity contribution in [1.82, 2.24) is 0 Å².